The number of nitrogens with zero attached hydrogens (tertiary/aromatic N) is 2. The highest BCUT2D eigenvalue weighted by molar-refractivity contribution is 5.87. The second-order valence-corrected chi connectivity index (χ2v) is 1.98. The fourth-order valence-electron chi connectivity index (χ4n) is 0.516. The van der Waals surface area contributed by atoms with E-state index in [1.165, 1.54) is 0 Å². The number of hydrogen-bond donors (Lipinski definition) is 1. The van der Waals surface area contributed by atoms with Gasteiger partial charge in [0, 0.05) is 13.3 Å². The van der Waals surface area contributed by atoms with Gasteiger partial charge in [-0.3, -0.25) is 0 Å². The van der Waals surface area contributed by atoms with Crippen LogP contribution in [0.25, 0.3) is 0 Å². The Morgan fingerprint density at radius 1 is 1.60 bits per heavy atom. The topological polar surface area (TPSA) is 36.8 Å². The average molecular weight is 141 g/mol. The van der Waals surface area contributed by atoms with Crippen LogP contribution >= 0.6 is 0 Å². The average Bonchev–Trinajstić information content (AvgIpc) is 1.89. The molecule has 0 spiro atoms. The molecule has 1 N–H and O–H groups in total. The lowest BCUT2D eigenvalue weighted by atomic mass is 10.4. The second-order valence-electron chi connectivity index (χ2n) is 1.98. The SMILES string of the molecule is CCCC=N/C(C)=N\NC. The predicted molar refractivity (Wildman–Crippen MR) is 45.6 cm³/mol. The summed E-state index contributed by atoms with van der Waals surface area (Å²) in [6.45, 7) is 3.99. The predicted octanol–water partition coefficient (Wildman–Crippen LogP) is 1.41. The van der Waals surface area contributed by atoms with E-state index in [9.17, 15) is 0 Å². The van der Waals surface area contributed by atoms with Gasteiger partial charge in [0.15, 0.2) is 0 Å². The Bertz CT molecular complexity index is 127. The van der Waals surface area contributed by atoms with Crippen LogP contribution in [0.1, 0.15) is 26.7 Å². The Morgan fingerprint density at radius 3 is 2.80 bits per heavy atom. The van der Waals surface area contributed by atoms with Crippen LogP contribution in [-0.2, 0) is 0 Å². The molecular weight excluding hydrogens is 126 g/mol. The minimum Gasteiger partial charge on any atom is -0.311 e. The first-order chi connectivity index (χ1) is 4.81. The van der Waals surface area contributed by atoms with Crippen molar-refractivity contribution in [2.24, 2.45) is 10.1 Å². The summed E-state index contributed by atoms with van der Waals surface area (Å²) in [6.07, 6.45) is 4.04. The molecule has 0 amide bonds. The van der Waals surface area contributed by atoms with Gasteiger partial charge in [-0.2, -0.15) is 5.10 Å². The van der Waals surface area contributed by atoms with Crippen LogP contribution in [0.15, 0.2) is 10.1 Å². The van der Waals surface area contributed by atoms with Gasteiger partial charge in [0.2, 0.25) is 0 Å². The Hall–Kier alpha value is -0.860. The lowest BCUT2D eigenvalue weighted by molar-refractivity contribution is 0.895. The molecule has 0 aliphatic carbocycles. The molecule has 0 aliphatic rings. The third kappa shape index (κ3) is 5.28. The van der Waals surface area contributed by atoms with Crippen molar-refractivity contribution in [1.82, 2.24) is 5.43 Å². The molecule has 0 aliphatic heterocycles. The Kier molecular flexibility index (Phi) is 5.72. The van der Waals surface area contributed by atoms with Gasteiger partial charge in [-0.1, -0.05) is 13.3 Å². The Morgan fingerprint density at radius 2 is 2.30 bits per heavy atom. The van der Waals surface area contributed by atoms with Gasteiger partial charge in [-0.05, 0) is 13.3 Å². The molecule has 10 heavy (non-hydrogen) atoms. The molecule has 0 radical (unpaired) electrons. The number of aliphatic imine (C=N–C) groups is 1. The lowest BCUT2D eigenvalue weighted by Crippen LogP contribution is -1.99. The van der Waals surface area contributed by atoms with Crippen LogP contribution in [0, 0.1) is 0 Å². The molecule has 0 aromatic carbocycles. The third-order valence-electron chi connectivity index (χ3n) is 0.970. The van der Waals surface area contributed by atoms with Crippen molar-refractivity contribution < 1.29 is 0 Å². The molecule has 0 aromatic heterocycles. The second kappa shape index (κ2) is 6.26. The summed E-state index contributed by atoms with van der Waals surface area (Å²) in [5.74, 6) is 0.774. The van der Waals surface area contributed by atoms with Gasteiger partial charge in [0.25, 0.3) is 0 Å². The van der Waals surface area contributed by atoms with E-state index in [-0.39, 0.29) is 0 Å². The normalized spacial score (nSPS) is 12.5. The van der Waals surface area contributed by atoms with Crippen LogP contribution < -0.4 is 5.43 Å². The van der Waals surface area contributed by atoms with Crippen molar-refractivity contribution in [2.45, 2.75) is 26.7 Å². The summed E-state index contributed by atoms with van der Waals surface area (Å²) in [5, 5.41) is 3.87. The van der Waals surface area contributed by atoms with Gasteiger partial charge in [0.1, 0.15) is 5.84 Å². The molecule has 3 nitrogen and oxygen atoms in total. The summed E-state index contributed by atoms with van der Waals surface area (Å²) in [5.41, 5.74) is 2.67. The molecule has 0 bridgehead atoms. The van der Waals surface area contributed by atoms with E-state index in [0.29, 0.717) is 0 Å². The minimum absolute atomic E-state index is 0.774. The monoisotopic (exact) mass is 141 g/mol. The molecule has 58 valence electrons. The lowest BCUT2D eigenvalue weighted by Gasteiger charge is -1.89. The molecule has 0 saturated heterocycles. The zero-order valence-corrected chi connectivity index (χ0v) is 6.89. The maximum absolute atomic E-state index is 4.07. The number of nitrogens with one attached hydrogen (secondary N) is 1. The highest BCUT2D eigenvalue weighted by Crippen LogP contribution is 1.82. The highest BCUT2D eigenvalue weighted by atomic mass is 15.3. The Labute approximate surface area is 62.2 Å². The van der Waals surface area contributed by atoms with Crippen molar-refractivity contribution in [3.05, 3.63) is 0 Å². The molecule has 0 aromatic rings. The summed E-state index contributed by atoms with van der Waals surface area (Å²) in [4.78, 5) is 4.07. The van der Waals surface area contributed by atoms with Crippen molar-refractivity contribution in [1.29, 1.82) is 0 Å². The smallest absolute Gasteiger partial charge is 0.144 e. The molecule has 3 heteroatoms. The molecular formula is C7H15N3. The summed E-state index contributed by atoms with van der Waals surface area (Å²) in [6, 6.07) is 0. The number of hydrazone groups is 1. The van der Waals surface area contributed by atoms with Crippen LogP contribution in [-0.4, -0.2) is 19.1 Å². The summed E-state index contributed by atoms with van der Waals surface area (Å²) < 4.78 is 0. The van der Waals surface area contributed by atoms with Gasteiger partial charge < -0.3 is 5.43 Å². The molecule has 0 heterocycles. The zero-order valence-electron chi connectivity index (χ0n) is 6.89. The van der Waals surface area contributed by atoms with E-state index in [4.69, 9.17) is 0 Å². The standard InChI is InChI=1S/C7H15N3/c1-4-5-6-9-7(2)10-8-3/h6,8H,4-5H2,1-3H3/b9-6?,10-7-. The van der Waals surface area contributed by atoms with E-state index in [1.54, 1.807) is 7.05 Å². The van der Waals surface area contributed by atoms with Crippen LogP contribution in [0.5, 0.6) is 0 Å². The fraction of sp³-hybridized carbons (Fsp3) is 0.714. The van der Waals surface area contributed by atoms with E-state index in [1.807, 2.05) is 13.1 Å². The first kappa shape index (κ1) is 9.14. The third-order valence-corrected chi connectivity index (χ3v) is 0.970. The number of rotatable bonds is 3. The first-order valence-corrected chi connectivity index (χ1v) is 3.54. The number of amidine groups is 1. The van der Waals surface area contributed by atoms with Gasteiger partial charge in [0.05, 0.1) is 0 Å². The summed E-state index contributed by atoms with van der Waals surface area (Å²) >= 11 is 0. The maximum Gasteiger partial charge on any atom is 0.144 e. The van der Waals surface area contributed by atoms with E-state index < -0.39 is 0 Å². The zero-order chi connectivity index (χ0) is 7.82. The van der Waals surface area contributed by atoms with Crippen molar-refractivity contribution >= 4 is 12.1 Å². The van der Waals surface area contributed by atoms with Gasteiger partial charge in [-0.25, -0.2) is 4.99 Å². The molecule has 0 fully saturated rings. The van der Waals surface area contributed by atoms with Gasteiger partial charge >= 0.3 is 0 Å². The van der Waals surface area contributed by atoms with E-state index in [0.717, 1.165) is 18.7 Å². The molecule has 0 saturated carbocycles. The van der Waals surface area contributed by atoms with Crippen molar-refractivity contribution in [3.63, 3.8) is 0 Å². The number of hydrogen-bond acceptors (Lipinski definition) is 2. The van der Waals surface area contributed by atoms with Crippen LogP contribution in [0.2, 0.25) is 0 Å². The molecule has 0 unspecified atom stereocenters. The van der Waals surface area contributed by atoms with Gasteiger partial charge in [-0.15, -0.1) is 0 Å². The molecule has 0 atom stereocenters. The molecule has 0 rings (SSSR count). The van der Waals surface area contributed by atoms with E-state index in [2.05, 4.69) is 22.4 Å². The quantitative estimate of drug-likeness (QED) is 0.360. The highest BCUT2D eigenvalue weighted by Gasteiger charge is 1.79. The van der Waals surface area contributed by atoms with Crippen molar-refractivity contribution in [3.8, 4) is 0 Å². The Balaban J connectivity index is 3.55. The number of unbranched alkanes of at least 4 members (excludes halogenated alkanes) is 1. The van der Waals surface area contributed by atoms with E-state index >= 15 is 0 Å². The minimum atomic E-state index is 0.774. The van der Waals surface area contributed by atoms with Crippen LogP contribution in [0.4, 0.5) is 0 Å². The fourth-order valence-corrected chi connectivity index (χ4v) is 0.516. The maximum atomic E-state index is 4.07. The van der Waals surface area contributed by atoms with Crippen molar-refractivity contribution in [2.75, 3.05) is 7.05 Å². The van der Waals surface area contributed by atoms with Crippen LogP contribution in [0.3, 0.4) is 0 Å². The largest absolute Gasteiger partial charge is 0.311 e. The summed E-state index contributed by atoms with van der Waals surface area (Å²) in [7, 11) is 1.76. The first-order valence-electron chi connectivity index (χ1n) is 3.54.